The van der Waals surface area contributed by atoms with E-state index in [9.17, 15) is 0 Å². The van der Waals surface area contributed by atoms with Crippen LogP contribution in [0.3, 0.4) is 0 Å². The van der Waals surface area contributed by atoms with E-state index in [-0.39, 0.29) is 0 Å². The highest BCUT2D eigenvalue weighted by molar-refractivity contribution is 14.1. The molecular formula is C18H21IO4. The first kappa shape index (κ1) is 17.9. The number of methoxy groups -OCH3 is 1. The van der Waals surface area contributed by atoms with Crippen LogP contribution in [0.15, 0.2) is 42.5 Å². The predicted octanol–water partition coefficient (Wildman–Crippen LogP) is 4.08. The molecule has 0 bridgehead atoms. The third-order valence-electron chi connectivity index (χ3n) is 3.11. The third-order valence-corrected chi connectivity index (χ3v) is 3.83. The van der Waals surface area contributed by atoms with Crippen molar-refractivity contribution in [1.29, 1.82) is 0 Å². The van der Waals surface area contributed by atoms with Gasteiger partial charge in [0.05, 0.1) is 20.3 Å². The molecule has 4 nitrogen and oxygen atoms in total. The number of halogens is 1. The fourth-order valence-corrected chi connectivity index (χ4v) is 2.32. The molecule has 0 N–H and O–H groups in total. The van der Waals surface area contributed by atoms with Gasteiger partial charge < -0.3 is 18.9 Å². The number of aryl methyl sites for hydroxylation is 1. The summed E-state index contributed by atoms with van der Waals surface area (Å²) in [6.07, 6.45) is 0. The lowest BCUT2D eigenvalue weighted by molar-refractivity contribution is 0.0757. The largest absolute Gasteiger partial charge is 0.493 e. The van der Waals surface area contributed by atoms with Gasteiger partial charge in [-0.3, -0.25) is 0 Å². The highest BCUT2D eigenvalue weighted by atomic mass is 127. The van der Waals surface area contributed by atoms with E-state index in [0.717, 1.165) is 22.8 Å². The molecule has 0 aromatic heterocycles. The molecule has 0 aliphatic rings. The number of rotatable bonds is 9. The van der Waals surface area contributed by atoms with Crippen molar-refractivity contribution in [2.24, 2.45) is 0 Å². The van der Waals surface area contributed by atoms with Gasteiger partial charge in [-0.1, -0.05) is 6.07 Å². The van der Waals surface area contributed by atoms with Gasteiger partial charge in [0.15, 0.2) is 11.5 Å². The van der Waals surface area contributed by atoms with Gasteiger partial charge in [-0.05, 0) is 71.5 Å². The zero-order valence-corrected chi connectivity index (χ0v) is 15.5. The fourth-order valence-electron chi connectivity index (χ4n) is 1.96. The van der Waals surface area contributed by atoms with Crippen LogP contribution in [0.5, 0.6) is 17.2 Å². The molecule has 124 valence electrons. The van der Waals surface area contributed by atoms with Crippen LogP contribution < -0.4 is 14.2 Å². The Morgan fingerprint density at radius 1 is 0.826 bits per heavy atom. The molecule has 5 heteroatoms. The van der Waals surface area contributed by atoms with E-state index < -0.39 is 0 Å². The van der Waals surface area contributed by atoms with E-state index in [0.29, 0.717) is 26.4 Å². The Kier molecular flexibility index (Phi) is 7.48. The molecule has 0 amide bonds. The minimum Gasteiger partial charge on any atom is -0.493 e. The third kappa shape index (κ3) is 6.27. The van der Waals surface area contributed by atoms with Gasteiger partial charge in [0.2, 0.25) is 0 Å². The van der Waals surface area contributed by atoms with Crippen LogP contribution in [0, 0.1) is 10.5 Å². The quantitative estimate of drug-likeness (QED) is 0.446. The van der Waals surface area contributed by atoms with Crippen molar-refractivity contribution in [3.8, 4) is 17.2 Å². The van der Waals surface area contributed by atoms with Gasteiger partial charge in [0.25, 0.3) is 0 Å². The van der Waals surface area contributed by atoms with E-state index in [2.05, 4.69) is 22.6 Å². The topological polar surface area (TPSA) is 36.9 Å². The maximum Gasteiger partial charge on any atom is 0.161 e. The zero-order valence-electron chi connectivity index (χ0n) is 13.4. The highest BCUT2D eigenvalue weighted by Crippen LogP contribution is 2.27. The molecule has 0 heterocycles. The first-order valence-corrected chi connectivity index (χ1v) is 8.50. The molecule has 23 heavy (non-hydrogen) atoms. The van der Waals surface area contributed by atoms with Crippen LogP contribution in [0.1, 0.15) is 5.56 Å². The minimum absolute atomic E-state index is 0.475. The highest BCUT2D eigenvalue weighted by Gasteiger charge is 2.03. The lowest BCUT2D eigenvalue weighted by Gasteiger charge is -2.11. The summed E-state index contributed by atoms with van der Waals surface area (Å²) in [5.74, 6) is 2.33. The van der Waals surface area contributed by atoms with E-state index >= 15 is 0 Å². The van der Waals surface area contributed by atoms with E-state index in [1.54, 1.807) is 7.11 Å². The van der Waals surface area contributed by atoms with Crippen LogP contribution in [-0.4, -0.2) is 33.5 Å². The predicted molar refractivity (Wildman–Crippen MR) is 98.7 cm³/mol. The number of hydrogen-bond donors (Lipinski definition) is 0. The van der Waals surface area contributed by atoms with Crippen LogP contribution >= 0.6 is 22.6 Å². The molecule has 0 aliphatic heterocycles. The Morgan fingerprint density at radius 3 is 2.22 bits per heavy atom. The van der Waals surface area contributed by atoms with E-state index in [1.807, 2.05) is 49.4 Å². The average molecular weight is 428 g/mol. The van der Waals surface area contributed by atoms with Crippen molar-refractivity contribution in [2.75, 3.05) is 33.5 Å². The van der Waals surface area contributed by atoms with Crippen molar-refractivity contribution in [2.45, 2.75) is 6.92 Å². The number of benzene rings is 2. The minimum atomic E-state index is 0.475. The van der Waals surface area contributed by atoms with Crippen molar-refractivity contribution < 1.29 is 18.9 Å². The Morgan fingerprint density at radius 2 is 1.52 bits per heavy atom. The SMILES string of the molecule is COc1cc(C)ccc1OCCOCCOc1ccc(I)cc1. The Labute approximate surface area is 150 Å². The van der Waals surface area contributed by atoms with Gasteiger partial charge in [-0.25, -0.2) is 0 Å². The Bertz CT molecular complexity index is 598. The summed E-state index contributed by atoms with van der Waals surface area (Å²) in [4.78, 5) is 0. The van der Waals surface area contributed by atoms with Gasteiger partial charge in [-0.2, -0.15) is 0 Å². The average Bonchev–Trinajstić information content (AvgIpc) is 2.56. The molecule has 2 aromatic carbocycles. The summed E-state index contributed by atoms with van der Waals surface area (Å²) in [6, 6.07) is 13.8. The van der Waals surface area contributed by atoms with Gasteiger partial charge in [-0.15, -0.1) is 0 Å². The Balaban J connectivity index is 1.60. The molecule has 0 spiro atoms. The molecule has 0 saturated heterocycles. The molecule has 0 saturated carbocycles. The number of hydrogen-bond acceptors (Lipinski definition) is 4. The molecule has 0 aliphatic carbocycles. The van der Waals surface area contributed by atoms with Crippen LogP contribution in [0.4, 0.5) is 0 Å². The normalized spacial score (nSPS) is 10.4. The summed E-state index contributed by atoms with van der Waals surface area (Å²) < 4.78 is 23.2. The fraction of sp³-hybridized carbons (Fsp3) is 0.333. The molecule has 2 rings (SSSR count). The lowest BCUT2D eigenvalue weighted by Crippen LogP contribution is -2.12. The molecule has 2 aromatic rings. The molecule has 0 unspecified atom stereocenters. The smallest absolute Gasteiger partial charge is 0.161 e. The summed E-state index contributed by atoms with van der Waals surface area (Å²) in [6.45, 7) is 4.05. The molecule has 0 atom stereocenters. The van der Waals surface area contributed by atoms with Crippen molar-refractivity contribution in [3.05, 3.63) is 51.6 Å². The lowest BCUT2D eigenvalue weighted by atomic mass is 10.2. The van der Waals surface area contributed by atoms with Crippen molar-refractivity contribution in [3.63, 3.8) is 0 Å². The first-order chi connectivity index (χ1) is 11.2. The summed E-state index contributed by atoms with van der Waals surface area (Å²) in [5.41, 5.74) is 1.14. The van der Waals surface area contributed by atoms with Crippen molar-refractivity contribution in [1.82, 2.24) is 0 Å². The van der Waals surface area contributed by atoms with Crippen LogP contribution in [-0.2, 0) is 4.74 Å². The number of ether oxygens (including phenoxy) is 4. The molecule has 0 radical (unpaired) electrons. The summed E-state index contributed by atoms with van der Waals surface area (Å²) in [7, 11) is 1.64. The van der Waals surface area contributed by atoms with Gasteiger partial charge in [0, 0.05) is 3.57 Å². The summed E-state index contributed by atoms with van der Waals surface area (Å²) >= 11 is 2.27. The van der Waals surface area contributed by atoms with Crippen LogP contribution in [0.25, 0.3) is 0 Å². The second-order valence-corrected chi connectivity index (χ2v) is 6.16. The van der Waals surface area contributed by atoms with Gasteiger partial charge in [0.1, 0.15) is 19.0 Å². The van der Waals surface area contributed by atoms with Crippen molar-refractivity contribution >= 4 is 22.6 Å². The monoisotopic (exact) mass is 428 g/mol. The summed E-state index contributed by atoms with van der Waals surface area (Å²) in [5, 5.41) is 0. The maximum absolute atomic E-state index is 5.67. The first-order valence-electron chi connectivity index (χ1n) is 7.42. The maximum atomic E-state index is 5.67. The standard InChI is InChI=1S/C18H21IO4/c1-14-3-8-17(18(13-14)20-2)23-12-10-21-9-11-22-16-6-4-15(19)5-7-16/h3-8,13H,9-12H2,1-2H3. The second kappa shape index (κ2) is 9.62. The van der Waals surface area contributed by atoms with E-state index in [4.69, 9.17) is 18.9 Å². The second-order valence-electron chi connectivity index (χ2n) is 4.92. The van der Waals surface area contributed by atoms with Crippen LogP contribution in [0.2, 0.25) is 0 Å². The Hall–Kier alpha value is -1.47. The van der Waals surface area contributed by atoms with E-state index in [1.165, 1.54) is 3.57 Å². The molecular weight excluding hydrogens is 407 g/mol. The van der Waals surface area contributed by atoms with Gasteiger partial charge >= 0.3 is 0 Å². The molecule has 0 fully saturated rings. The zero-order chi connectivity index (χ0) is 16.5.